The first-order valence-electron chi connectivity index (χ1n) is 7.76. The number of thiazole rings is 1. The molecule has 0 spiro atoms. The van der Waals surface area contributed by atoms with Crippen molar-refractivity contribution < 1.29 is 0 Å². The number of pyridine rings is 2. The Morgan fingerprint density at radius 3 is 2.92 bits per heavy atom. The van der Waals surface area contributed by atoms with Crippen molar-refractivity contribution in [3.05, 3.63) is 58.5 Å². The summed E-state index contributed by atoms with van der Waals surface area (Å²) in [6, 6.07) is 13.1. The molecule has 6 nitrogen and oxygen atoms in total. The van der Waals surface area contributed by atoms with Crippen LogP contribution in [0.5, 0.6) is 0 Å². The van der Waals surface area contributed by atoms with Gasteiger partial charge in [0.05, 0.1) is 15.7 Å². The van der Waals surface area contributed by atoms with Crippen LogP contribution < -0.4 is 10.5 Å². The van der Waals surface area contributed by atoms with E-state index in [1.54, 1.807) is 23.6 Å². The maximum Gasteiger partial charge on any atom is 0.266 e. The van der Waals surface area contributed by atoms with Crippen LogP contribution in [0, 0.1) is 11.3 Å². The van der Waals surface area contributed by atoms with E-state index in [1.807, 2.05) is 48.2 Å². The summed E-state index contributed by atoms with van der Waals surface area (Å²) >= 11 is 1.56. The van der Waals surface area contributed by atoms with Crippen molar-refractivity contribution in [1.82, 2.24) is 15.0 Å². The molecule has 0 radical (unpaired) electrons. The number of aromatic nitrogens is 3. The van der Waals surface area contributed by atoms with Crippen LogP contribution in [0.4, 0.5) is 10.9 Å². The van der Waals surface area contributed by atoms with Crippen LogP contribution in [0.25, 0.3) is 21.1 Å². The number of anilines is 2. The van der Waals surface area contributed by atoms with E-state index in [4.69, 9.17) is 10.2 Å². The number of H-pyrrole nitrogens is 1. The molecule has 0 amide bonds. The quantitative estimate of drug-likeness (QED) is 0.612. The first-order chi connectivity index (χ1) is 12.2. The first kappa shape index (κ1) is 15.3. The SMILES string of the molecule is CCN(c1ccccn1)c1nc2c(ccc3[nH]c(=O)c(C#N)cc32)s1. The monoisotopic (exact) mass is 347 g/mol. The van der Waals surface area contributed by atoms with E-state index >= 15 is 0 Å². The fourth-order valence-electron chi connectivity index (χ4n) is 2.76. The summed E-state index contributed by atoms with van der Waals surface area (Å²) in [5.41, 5.74) is 1.16. The highest BCUT2D eigenvalue weighted by molar-refractivity contribution is 7.22. The predicted molar refractivity (Wildman–Crippen MR) is 99.4 cm³/mol. The average molecular weight is 347 g/mol. The van der Waals surface area contributed by atoms with E-state index in [0.29, 0.717) is 5.52 Å². The van der Waals surface area contributed by atoms with Gasteiger partial charge in [-0.1, -0.05) is 17.4 Å². The van der Waals surface area contributed by atoms with E-state index in [1.165, 1.54) is 0 Å². The van der Waals surface area contributed by atoms with Gasteiger partial charge in [0.15, 0.2) is 5.13 Å². The molecule has 4 aromatic rings. The van der Waals surface area contributed by atoms with Crippen LogP contribution in [0.15, 0.2) is 47.4 Å². The summed E-state index contributed by atoms with van der Waals surface area (Å²) in [7, 11) is 0. The molecule has 0 aliphatic carbocycles. The molecule has 0 atom stereocenters. The number of hydrogen-bond donors (Lipinski definition) is 1. The van der Waals surface area contributed by atoms with Crippen molar-refractivity contribution in [2.75, 3.05) is 11.4 Å². The van der Waals surface area contributed by atoms with E-state index in [-0.39, 0.29) is 11.1 Å². The van der Waals surface area contributed by atoms with Crippen LogP contribution >= 0.6 is 11.3 Å². The van der Waals surface area contributed by atoms with Gasteiger partial charge in [0.25, 0.3) is 5.56 Å². The molecule has 3 aromatic heterocycles. The first-order valence-corrected chi connectivity index (χ1v) is 8.58. The van der Waals surface area contributed by atoms with Crippen molar-refractivity contribution in [3.63, 3.8) is 0 Å². The molecule has 1 N–H and O–H groups in total. The Labute approximate surface area is 147 Å². The van der Waals surface area contributed by atoms with Gasteiger partial charge in [-0.05, 0) is 37.3 Å². The van der Waals surface area contributed by atoms with Crippen molar-refractivity contribution in [2.45, 2.75) is 6.92 Å². The molecule has 122 valence electrons. The Kier molecular flexibility index (Phi) is 3.67. The molecular formula is C18H13N5OS. The van der Waals surface area contributed by atoms with Gasteiger partial charge in [0.2, 0.25) is 0 Å². The Morgan fingerprint density at radius 1 is 1.32 bits per heavy atom. The maximum absolute atomic E-state index is 11.8. The Bertz CT molecular complexity index is 1170. The van der Waals surface area contributed by atoms with E-state index < -0.39 is 0 Å². The molecule has 25 heavy (non-hydrogen) atoms. The number of rotatable bonds is 3. The smallest absolute Gasteiger partial charge is 0.266 e. The zero-order chi connectivity index (χ0) is 17.4. The Hall–Kier alpha value is -3.24. The number of nitrogens with one attached hydrogen (secondary N) is 1. The molecule has 0 fully saturated rings. The second-order valence-corrected chi connectivity index (χ2v) is 6.44. The number of benzene rings is 1. The van der Waals surface area contributed by atoms with Crippen molar-refractivity contribution >= 4 is 43.4 Å². The second kappa shape index (κ2) is 6.00. The van der Waals surface area contributed by atoms with Crippen LogP contribution in [0.2, 0.25) is 0 Å². The minimum Gasteiger partial charge on any atom is -0.321 e. The van der Waals surface area contributed by atoms with Crippen molar-refractivity contribution in [1.29, 1.82) is 5.26 Å². The largest absolute Gasteiger partial charge is 0.321 e. The minimum atomic E-state index is -0.381. The van der Waals surface area contributed by atoms with E-state index in [9.17, 15) is 4.79 Å². The van der Waals surface area contributed by atoms with E-state index in [0.717, 1.165) is 33.1 Å². The van der Waals surface area contributed by atoms with Gasteiger partial charge < -0.3 is 9.88 Å². The highest BCUT2D eigenvalue weighted by Crippen LogP contribution is 2.35. The van der Waals surface area contributed by atoms with Gasteiger partial charge in [-0.25, -0.2) is 9.97 Å². The lowest BCUT2D eigenvalue weighted by molar-refractivity contribution is 0.983. The number of aromatic amines is 1. The third-order valence-corrected chi connectivity index (χ3v) is 5.01. The van der Waals surface area contributed by atoms with Gasteiger partial charge in [-0.15, -0.1) is 0 Å². The molecule has 4 rings (SSSR count). The lowest BCUT2D eigenvalue weighted by Gasteiger charge is -2.17. The fourth-order valence-corrected chi connectivity index (χ4v) is 3.82. The van der Waals surface area contributed by atoms with Gasteiger partial charge in [-0.2, -0.15) is 5.26 Å². The summed E-state index contributed by atoms with van der Waals surface area (Å²) in [5.74, 6) is 0.833. The second-order valence-electron chi connectivity index (χ2n) is 5.43. The minimum absolute atomic E-state index is 0.0895. The van der Waals surface area contributed by atoms with Gasteiger partial charge in [0.1, 0.15) is 17.5 Å². The highest BCUT2D eigenvalue weighted by atomic mass is 32.1. The number of hydrogen-bond acceptors (Lipinski definition) is 6. The molecule has 7 heteroatoms. The molecule has 0 aliphatic heterocycles. The standard InChI is InChI=1S/C18H13N5OS/c1-2-23(15-5-3-4-8-20-15)18-22-16-12-9-11(10-19)17(24)21-13(12)6-7-14(16)25-18/h3-9H,2H2,1H3,(H,21,24). The molecule has 0 bridgehead atoms. The summed E-state index contributed by atoms with van der Waals surface area (Å²) in [4.78, 5) is 25.8. The van der Waals surface area contributed by atoms with Crippen LogP contribution in [-0.2, 0) is 0 Å². The third kappa shape index (κ3) is 2.53. The van der Waals surface area contributed by atoms with E-state index in [2.05, 4.69) is 9.97 Å². The normalized spacial score (nSPS) is 10.9. The summed E-state index contributed by atoms with van der Waals surface area (Å²) < 4.78 is 0.993. The Balaban J connectivity index is 1.94. The van der Waals surface area contributed by atoms with Gasteiger partial charge >= 0.3 is 0 Å². The number of nitrogens with zero attached hydrogens (tertiary/aromatic N) is 4. The summed E-state index contributed by atoms with van der Waals surface area (Å²) in [6.07, 6.45) is 1.75. The molecular weight excluding hydrogens is 334 g/mol. The zero-order valence-corrected chi connectivity index (χ0v) is 14.2. The predicted octanol–water partition coefficient (Wildman–Crippen LogP) is 3.56. The molecule has 0 saturated carbocycles. The summed E-state index contributed by atoms with van der Waals surface area (Å²) in [5, 5.41) is 10.7. The van der Waals surface area contributed by atoms with Crippen LogP contribution in [-0.4, -0.2) is 21.5 Å². The topological polar surface area (TPSA) is 85.7 Å². The number of fused-ring (bicyclic) bond motifs is 3. The maximum atomic E-state index is 11.8. The third-order valence-electron chi connectivity index (χ3n) is 3.96. The lowest BCUT2D eigenvalue weighted by Crippen LogP contribution is -2.16. The zero-order valence-electron chi connectivity index (χ0n) is 13.4. The molecule has 3 heterocycles. The fraction of sp³-hybridized carbons (Fsp3) is 0.111. The van der Waals surface area contributed by atoms with Crippen molar-refractivity contribution in [2.24, 2.45) is 0 Å². The van der Waals surface area contributed by atoms with Gasteiger partial charge in [-0.3, -0.25) is 4.79 Å². The Morgan fingerprint density at radius 2 is 2.20 bits per heavy atom. The average Bonchev–Trinajstić information content (AvgIpc) is 3.07. The number of nitriles is 1. The van der Waals surface area contributed by atoms with Crippen molar-refractivity contribution in [3.8, 4) is 6.07 Å². The lowest BCUT2D eigenvalue weighted by atomic mass is 10.1. The molecule has 0 aliphatic rings. The highest BCUT2D eigenvalue weighted by Gasteiger charge is 2.16. The van der Waals surface area contributed by atoms with Crippen LogP contribution in [0.3, 0.4) is 0 Å². The van der Waals surface area contributed by atoms with Crippen LogP contribution in [0.1, 0.15) is 12.5 Å². The summed E-state index contributed by atoms with van der Waals surface area (Å²) in [6.45, 7) is 2.78. The molecule has 1 aromatic carbocycles. The molecule has 0 saturated heterocycles. The van der Waals surface area contributed by atoms with Gasteiger partial charge in [0, 0.05) is 18.1 Å². The molecule has 0 unspecified atom stereocenters.